The van der Waals surface area contributed by atoms with E-state index in [4.69, 9.17) is 12.2 Å². The van der Waals surface area contributed by atoms with Gasteiger partial charge < -0.3 is 20.1 Å². The summed E-state index contributed by atoms with van der Waals surface area (Å²) in [5.41, 5.74) is 4.01. The second-order valence-corrected chi connectivity index (χ2v) is 8.86. The number of pyridine rings is 1. The fraction of sp³-hybridized carbons (Fsp3) is 0.320. The third kappa shape index (κ3) is 4.83. The number of carbonyl (C=O) groups is 1. The van der Waals surface area contributed by atoms with Crippen molar-refractivity contribution in [3.63, 3.8) is 0 Å². The van der Waals surface area contributed by atoms with E-state index in [1.165, 1.54) is 0 Å². The summed E-state index contributed by atoms with van der Waals surface area (Å²) < 4.78 is 2.19. The average Bonchev–Trinajstić information content (AvgIpc) is 3.37. The molecule has 4 rings (SSSR count). The van der Waals surface area contributed by atoms with Crippen molar-refractivity contribution in [1.29, 1.82) is 0 Å². The van der Waals surface area contributed by atoms with Crippen molar-refractivity contribution in [3.05, 3.63) is 83.9 Å². The highest BCUT2D eigenvalue weighted by Crippen LogP contribution is 2.39. The lowest BCUT2D eigenvalue weighted by molar-refractivity contribution is -0.116. The van der Waals surface area contributed by atoms with E-state index >= 15 is 0 Å². The summed E-state index contributed by atoms with van der Waals surface area (Å²) in [5, 5.41) is 7.08. The molecule has 32 heavy (non-hydrogen) atoms. The van der Waals surface area contributed by atoms with Crippen LogP contribution in [0.25, 0.3) is 0 Å². The van der Waals surface area contributed by atoms with Crippen LogP contribution >= 0.6 is 12.2 Å². The van der Waals surface area contributed by atoms with Gasteiger partial charge in [-0.2, -0.15) is 0 Å². The Kier molecular flexibility index (Phi) is 6.55. The minimum atomic E-state index is -0.0773. The average molecular weight is 448 g/mol. The Hall–Kier alpha value is -3.19. The first kappa shape index (κ1) is 22.0. The van der Waals surface area contributed by atoms with Crippen LogP contribution in [0.15, 0.2) is 67.1 Å². The third-order valence-corrected chi connectivity index (χ3v) is 6.11. The first-order chi connectivity index (χ1) is 15.4. The Labute approximate surface area is 194 Å². The van der Waals surface area contributed by atoms with Crippen molar-refractivity contribution in [1.82, 2.24) is 19.8 Å². The number of anilines is 1. The molecule has 2 atom stereocenters. The Bertz CT molecular complexity index is 1090. The highest BCUT2D eigenvalue weighted by molar-refractivity contribution is 7.80. The van der Waals surface area contributed by atoms with E-state index < -0.39 is 0 Å². The number of nitrogens with zero attached hydrogens (tertiary/aromatic N) is 3. The largest absolute Gasteiger partial charge is 0.352 e. The van der Waals surface area contributed by atoms with Crippen LogP contribution in [0.4, 0.5) is 5.69 Å². The van der Waals surface area contributed by atoms with Crippen LogP contribution in [0.5, 0.6) is 0 Å². The van der Waals surface area contributed by atoms with Gasteiger partial charge >= 0.3 is 0 Å². The fourth-order valence-electron chi connectivity index (χ4n) is 4.10. The molecule has 0 spiro atoms. The molecule has 0 saturated carbocycles. The summed E-state index contributed by atoms with van der Waals surface area (Å²) in [7, 11) is 0. The van der Waals surface area contributed by atoms with Gasteiger partial charge in [0.05, 0.1) is 17.8 Å². The minimum absolute atomic E-state index is 0.0295. The van der Waals surface area contributed by atoms with Crippen molar-refractivity contribution in [2.75, 3.05) is 11.9 Å². The molecule has 3 heterocycles. The lowest BCUT2D eigenvalue weighted by atomic mass is 9.99. The van der Waals surface area contributed by atoms with Gasteiger partial charge in [-0.1, -0.05) is 18.2 Å². The SMILES string of the molecule is Cc1cccc(NC(=O)CCN2C(=S)N[C@@H](c3ccccn3)[C@@H]2c2ccn(C(C)C)c2)c1. The molecule has 2 aromatic heterocycles. The molecule has 2 N–H and O–H groups in total. The Morgan fingerprint density at radius 3 is 2.75 bits per heavy atom. The third-order valence-electron chi connectivity index (χ3n) is 5.75. The summed E-state index contributed by atoms with van der Waals surface area (Å²) >= 11 is 5.70. The second kappa shape index (κ2) is 9.53. The fourth-order valence-corrected chi connectivity index (χ4v) is 4.44. The van der Waals surface area contributed by atoms with Gasteiger partial charge in [0.25, 0.3) is 0 Å². The minimum Gasteiger partial charge on any atom is -0.352 e. The lowest BCUT2D eigenvalue weighted by Crippen LogP contribution is -2.32. The zero-order chi connectivity index (χ0) is 22.7. The molecule has 1 saturated heterocycles. The number of benzene rings is 1. The van der Waals surface area contributed by atoms with E-state index in [1.54, 1.807) is 6.20 Å². The van der Waals surface area contributed by atoms with E-state index in [0.717, 1.165) is 22.5 Å². The molecule has 166 valence electrons. The monoisotopic (exact) mass is 447 g/mol. The van der Waals surface area contributed by atoms with Crippen molar-refractivity contribution in [3.8, 4) is 0 Å². The number of carbonyl (C=O) groups excluding carboxylic acids is 1. The van der Waals surface area contributed by atoms with Crippen LogP contribution in [0, 0.1) is 6.92 Å². The van der Waals surface area contributed by atoms with Gasteiger partial charge in [-0.05, 0) is 74.4 Å². The number of rotatable bonds is 7. The molecule has 0 aliphatic carbocycles. The molecule has 1 aromatic carbocycles. The van der Waals surface area contributed by atoms with Gasteiger partial charge in [0, 0.05) is 43.3 Å². The number of thiocarbonyl (C=S) groups is 1. The molecule has 1 aliphatic rings. The first-order valence-corrected chi connectivity index (χ1v) is 11.3. The molecule has 1 amide bonds. The van der Waals surface area contributed by atoms with Crippen molar-refractivity contribution < 1.29 is 4.79 Å². The van der Waals surface area contributed by atoms with Gasteiger partial charge in [-0.15, -0.1) is 0 Å². The van der Waals surface area contributed by atoms with Gasteiger partial charge in [-0.25, -0.2) is 0 Å². The predicted octanol–water partition coefficient (Wildman–Crippen LogP) is 4.77. The first-order valence-electron chi connectivity index (χ1n) is 10.9. The maximum absolute atomic E-state index is 12.7. The zero-order valence-electron chi connectivity index (χ0n) is 18.7. The van der Waals surface area contributed by atoms with E-state index in [-0.39, 0.29) is 18.0 Å². The highest BCUT2D eigenvalue weighted by Gasteiger charge is 2.40. The molecule has 0 unspecified atom stereocenters. The molecule has 6 nitrogen and oxygen atoms in total. The Morgan fingerprint density at radius 2 is 2.06 bits per heavy atom. The van der Waals surface area contributed by atoms with Crippen LogP contribution < -0.4 is 10.6 Å². The van der Waals surface area contributed by atoms with Crippen LogP contribution in [0.3, 0.4) is 0 Å². The predicted molar refractivity (Wildman–Crippen MR) is 131 cm³/mol. The van der Waals surface area contributed by atoms with Gasteiger partial charge in [0.15, 0.2) is 5.11 Å². The summed E-state index contributed by atoms with van der Waals surface area (Å²) in [6.07, 6.45) is 6.40. The molecule has 3 aromatic rings. The maximum Gasteiger partial charge on any atom is 0.226 e. The smallest absolute Gasteiger partial charge is 0.226 e. The molecule has 0 radical (unpaired) electrons. The normalized spacial score (nSPS) is 18.1. The second-order valence-electron chi connectivity index (χ2n) is 8.47. The molecular formula is C25H29N5OS. The topological polar surface area (TPSA) is 62.2 Å². The van der Waals surface area contributed by atoms with Crippen LogP contribution in [0.1, 0.15) is 55.2 Å². The highest BCUT2D eigenvalue weighted by atomic mass is 32.1. The summed E-state index contributed by atoms with van der Waals surface area (Å²) in [5.74, 6) is -0.0295. The van der Waals surface area contributed by atoms with Crippen LogP contribution in [0.2, 0.25) is 0 Å². The number of nitrogens with one attached hydrogen (secondary N) is 2. The summed E-state index contributed by atoms with van der Waals surface area (Å²) in [6.45, 7) is 6.84. The molecule has 1 fully saturated rings. The zero-order valence-corrected chi connectivity index (χ0v) is 19.5. The molecule has 7 heteroatoms. The lowest BCUT2D eigenvalue weighted by Gasteiger charge is -2.27. The maximum atomic E-state index is 12.7. The van der Waals surface area contributed by atoms with Crippen molar-refractivity contribution in [2.45, 2.75) is 45.3 Å². The van der Waals surface area contributed by atoms with E-state index in [9.17, 15) is 4.79 Å². The van der Waals surface area contributed by atoms with Gasteiger partial charge in [0.1, 0.15) is 0 Å². The van der Waals surface area contributed by atoms with Crippen molar-refractivity contribution >= 4 is 28.9 Å². The van der Waals surface area contributed by atoms with Crippen molar-refractivity contribution in [2.24, 2.45) is 0 Å². The summed E-state index contributed by atoms with van der Waals surface area (Å²) in [6, 6.07) is 16.1. The quantitative estimate of drug-likeness (QED) is 0.511. The standard InChI is InChI=1S/C25H29N5OS/c1-17(2)29-13-10-19(16-29)24-23(21-9-4-5-12-26-21)28-25(32)30(24)14-11-22(31)27-20-8-6-7-18(3)15-20/h4-10,12-13,15-17,23-24H,11,14H2,1-3H3,(H,27,31)(H,28,32)/t23-,24-/m0/s1. The van der Waals surface area contributed by atoms with E-state index in [2.05, 4.69) is 57.4 Å². The summed E-state index contributed by atoms with van der Waals surface area (Å²) in [4.78, 5) is 19.3. The van der Waals surface area contributed by atoms with Gasteiger partial charge in [-0.3, -0.25) is 9.78 Å². The van der Waals surface area contributed by atoms with Crippen LogP contribution in [-0.2, 0) is 4.79 Å². The number of aromatic nitrogens is 2. The van der Waals surface area contributed by atoms with Crippen LogP contribution in [-0.4, -0.2) is 32.0 Å². The van der Waals surface area contributed by atoms with E-state index in [1.807, 2.05) is 49.4 Å². The Morgan fingerprint density at radius 1 is 1.22 bits per heavy atom. The molecule has 0 bridgehead atoms. The Balaban J connectivity index is 1.54. The van der Waals surface area contributed by atoms with E-state index in [0.29, 0.717) is 24.1 Å². The number of hydrogen-bond acceptors (Lipinski definition) is 3. The molecule has 1 aliphatic heterocycles. The van der Waals surface area contributed by atoms with Gasteiger partial charge in [0.2, 0.25) is 5.91 Å². The number of hydrogen-bond donors (Lipinski definition) is 2. The number of aryl methyl sites for hydroxylation is 1. The number of amides is 1. The molecular weight excluding hydrogens is 418 g/mol.